The van der Waals surface area contributed by atoms with Gasteiger partial charge in [0.2, 0.25) is 0 Å². The molecule has 0 radical (unpaired) electrons. The lowest BCUT2D eigenvalue weighted by atomic mass is 9.44. The normalized spacial score (nSPS) is 46.0. The van der Waals surface area contributed by atoms with Gasteiger partial charge in [-0.2, -0.15) is 0 Å². The van der Waals surface area contributed by atoms with Crippen LogP contribution in [-0.4, -0.2) is 57.3 Å². The summed E-state index contributed by atoms with van der Waals surface area (Å²) in [6, 6.07) is 8.46. The van der Waals surface area contributed by atoms with Gasteiger partial charge in [-0.05, 0) is 37.8 Å². The summed E-state index contributed by atoms with van der Waals surface area (Å²) in [5.74, 6) is -1.27. The number of aliphatic hydroxyl groups excluding tert-OH is 1. The molecule has 1 spiro atoms. The molecule has 7 atom stereocenters. The van der Waals surface area contributed by atoms with E-state index >= 15 is 0 Å². The van der Waals surface area contributed by atoms with Crippen LogP contribution >= 0.6 is 0 Å². The molecule has 3 N–H and O–H groups in total. The first-order chi connectivity index (χ1) is 13.5. The molecule has 3 fully saturated rings. The summed E-state index contributed by atoms with van der Waals surface area (Å²) < 4.78 is 11.2. The largest absolute Gasteiger partial charge is 0.459 e. The monoisotopic (exact) mass is 404 g/mol. The Labute approximate surface area is 169 Å². The van der Waals surface area contributed by atoms with Crippen LogP contribution in [0.2, 0.25) is 0 Å². The van der Waals surface area contributed by atoms with E-state index in [1.807, 2.05) is 6.92 Å². The van der Waals surface area contributed by atoms with Gasteiger partial charge in [-0.25, -0.2) is 4.79 Å². The minimum absolute atomic E-state index is 0.0494. The lowest BCUT2D eigenvalue weighted by Crippen LogP contribution is -2.79. The van der Waals surface area contributed by atoms with Crippen LogP contribution in [0.4, 0.5) is 0 Å². The molecule has 1 heterocycles. The van der Waals surface area contributed by atoms with Crippen molar-refractivity contribution in [3.8, 4) is 0 Å². The third-order valence-electron chi connectivity index (χ3n) is 8.18. The van der Waals surface area contributed by atoms with Gasteiger partial charge in [-0.1, -0.05) is 32.0 Å². The van der Waals surface area contributed by atoms with Crippen molar-refractivity contribution in [3.05, 3.63) is 35.9 Å². The second-order valence-corrected chi connectivity index (χ2v) is 9.32. The Morgan fingerprint density at radius 2 is 1.90 bits per heavy atom. The summed E-state index contributed by atoms with van der Waals surface area (Å²) in [5.41, 5.74) is -5.61. The van der Waals surface area contributed by atoms with Gasteiger partial charge in [0, 0.05) is 5.41 Å². The Hall–Kier alpha value is -1.96. The van der Waals surface area contributed by atoms with Crippen LogP contribution in [0, 0.1) is 16.7 Å². The summed E-state index contributed by atoms with van der Waals surface area (Å²) in [7, 11) is 0. The number of carbonyl (C=O) groups is 2. The van der Waals surface area contributed by atoms with Gasteiger partial charge in [-0.15, -0.1) is 0 Å². The highest BCUT2D eigenvalue weighted by molar-refractivity contribution is 5.89. The Kier molecular flexibility index (Phi) is 4.39. The summed E-state index contributed by atoms with van der Waals surface area (Å²) in [5, 5.41) is 33.9. The summed E-state index contributed by atoms with van der Waals surface area (Å²) in [6.07, 6.45) is -1.32. The Morgan fingerprint density at radius 1 is 1.24 bits per heavy atom. The van der Waals surface area contributed by atoms with Gasteiger partial charge >= 0.3 is 11.9 Å². The predicted octanol–water partition coefficient (Wildman–Crippen LogP) is 1.44. The predicted molar refractivity (Wildman–Crippen MR) is 102 cm³/mol. The number of ether oxygens (including phenoxy) is 2. The highest BCUT2D eigenvalue weighted by Crippen LogP contribution is 2.70. The lowest BCUT2D eigenvalue weighted by Gasteiger charge is -2.66. The molecule has 2 bridgehead atoms. The molecular formula is C22H28O7. The van der Waals surface area contributed by atoms with Crippen LogP contribution in [0.3, 0.4) is 0 Å². The maximum atomic E-state index is 12.8. The van der Waals surface area contributed by atoms with Gasteiger partial charge < -0.3 is 24.8 Å². The molecule has 1 aromatic rings. The molecular weight excluding hydrogens is 376 g/mol. The number of rotatable bonds is 3. The zero-order valence-electron chi connectivity index (χ0n) is 16.9. The van der Waals surface area contributed by atoms with Crippen molar-refractivity contribution in [1.82, 2.24) is 0 Å². The van der Waals surface area contributed by atoms with Crippen LogP contribution in [0.25, 0.3) is 0 Å². The van der Waals surface area contributed by atoms with Crippen LogP contribution in [0.1, 0.15) is 50.4 Å². The minimum atomic E-state index is -1.81. The average Bonchev–Trinajstić information content (AvgIpc) is 2.89. The molecule has 29 heavy (non-hydrogen) atoms. The van der Waals surface area contributed by atoms with E-state index in [9.17, 15) is 24.9 Å². The Morgan fingerprint density at radius 3 is 2.52 bits per heavy atom. The average molecular weight is 404 g/mol. The van der Waals surface area contributed by atoms with Crippen molar-refractivity contribution in [2.75, 3.05) is 6.61 Å². The zero-order valence-corrected chi connectivity index (χ0v) is 16.9. The molecule has 1 aromatic carbocycles. The number of aliphatic hydroxyl groups is 3. The van der Waals surface area contributed by atoms with Gasteiger partial charge in [0.05, 0.1) is 24.0 Å². The molecule has 7 heteroatoms. The number of hydrogen-bond donors (Lipinski definition) is 3. The molecule has 4 rings (SSSR count). The summed E-state index contributed by atoms with van der Waals surface area (Å²) in [6.45, 7) is 4.40. The van der Waals surface area contributed by atoms with Gasteiger partial charge in [-0.3, -0.25) is 4.79 Å². The first-order valence-electron chi connectivity index (χ1n) is 10.0. The fraction of sp³-hybridized carbons (Fsp3) is 0.636. The van der Waals surface area contributed by atoms with Crippen molar-refractivity contribution in [3.63, 3.8) is 0 Å². The second kappa shape index (κ2) is 6.27. The number of carbonyl (C=O) groups excluding carboxylic acids is 2. The number of esters is 2. The number of hydrogen-bond acceptors (Lipinski definition) is 7. The topological polar surface area (TPSA) is 113 Å². The van der Waals surface area contributed by atoms with Crippen molar-refractivity contribution < 1.29 is 34.4 Å². The quantitative estimate of drug-likeness (QED) is 0.653. The Balaban J connectivity index is 1.82. The lowest BCUT2D eigenvalue weighted by molar-refractivity contribution is -0.337. The molecule has 0 aromatic heterocycles. The van der Waals surface area contributed by atoms with Gasteiger partial charge in [0.1, 0.15) is 23.4 Å². The first-order valence-corrected chi connectivity index (χ1v) is 10.0. The third kappa shape index (κ3) is 2.35. The van der Waals surface area contributed by atoms with Gasteiger partial charge in [0.15, 0.2) is 0 Å². The fourth-order valence-electron chi connectivity index (χ4n) is 6.13. The molecule has 158 valence electrons. The number of benzene rings is 1. The molecule has 2 saturated carbocycles. The van der Waals surface area contributed by atoms with E-state index in [2.05, 4.69) is 0 Å². The van der Waals surface area contributed by atoms with E-state index in [-0.39, 0.29) is 18.8 Å². The second-order valence-electron chi connectivity index (χ2n) is 9.32. The molecule has 7 nitrogen and oxygen atoms in total. The summed E-state index contributed by atoms with van der Waals surface area (Å²) >= 11 is 0. The van der Waals surface area contributed by atoms with Gasteiger partial charge in [0.25, 0.3) is 0 Å². The number of fused-ring (bicyclic) bond motifs is 1. The van der Waals surface area contributed by atoms with E-state index in [1.54, 1.807) is 37.3 Å². The molecule has 2 aliphatic carbocycles. The van der Waals surface area contributed by atoms with Crippen molar-refractivity contribution in [2.45, 2.75) is 63.4 Å². The van der Waals surface area contributed by atoms with Crippen LogP contribution in [0.5, 0.6) is 0 Å². The SMILES string of the molecule is C[C@@H]1C[C@H](OC(=O)c2ccccc2)[C@@]2(O)[C@]13CC(=O)O[C@H](C3)[C@](C)(O)[C@@]2(C)CO. The minimum Gasteiger partial charge on any atom is -0.459 e. The highest BCUT2D eigenvalue weighted by Gasteiger charge is 2.81. The summed E-state index contributed by atoms with van der Waals surface area (Å²) in [4.78, 5) is 25.2. The van der Waals surface area contributed by atoms with E-state index < -0.39 is 52.8 Å². The van der Waals surface area contributed by atoms with Crippen LogP contribution < -0.4 is 0 Å². The highest BCUT2D eigenvalue weighted by atomic mass is 16.6. The third-order valence-corrected chi connectivity index (χ3v) is 8.18. The molecule has 1 aliphatic heterocycles. The van der Waals surface area contributed by atoms with Crippen molar-refractivity contribution in [2.24, 2.45) is 16.7 Å². The van der Waals surface area contributed by atoms with E-state index in [0.717, 1.165) is 0 Å². The molecule has 1 saturated heterocycles. The van der Waals surface area contributed by atoms with Crippen LogP contribution in [0.15, 0.2) is 30.3 Å². The molecule has 0 amide bonds. The van der Waals surface area contributed by atoms with Crippen molar-refractivity contribution >= 4 is 11.9 Å². The molecule has 3 aliphatic rings. The maximum absolute atomic E-state index is 12.8. The zero-order chi connectivity index (χ0) is 21.2. The van der Waals surface area contributed by atoms with Crippen LogP contribution in [-0.2, 0) is 14.3 Å². The molecule has 0 unspecified atom stereocenters. The maximum Gasteiger partial charge on any atom is 0.338 e. The fourth-order valence-corrected chi connectivity index (χ4v) is 6.13. The Bertz CT molecular complexity index is 837. The van der Waals surface area contributed by atoms with Crippen molar-refractivity contribution in [1.29, 1.82) is 0 Å². The standard InChI is InChI=1S/C22H28O7/c1-13-9-15(29-18(25)14-7-5-4-6-8-14)22(27)19(2,12-23)20(3,26)16-10-21(13,22)11-17(24)28-16/h4-8,13,15-16,23,26-27H,9-12H2,1-3H3/t13-,15+,16-,19-,20+,21-,22+/m1/s1. The van der Waals surface area contributed by atoms with E-state index in [0.29, 0.717) is 12.0 Å². The van der Waals surface area contributed by atoms with E-state index in [1.165, 1.54) is 6.92 Å². The smallest absolute Gasteiger partial charge is 0.338 e. The van der Waals surface area contributed by atoms with E-state index in [4.69, 9.17) is 9.47 Å². The first kappa shape index (κ1) is 20.3.